The van der Waals surface area contributed by atoms with Crippen molar-refractivity contribution < 1.29 is 9.53 Å². The van der Waals surface area contributed by atoms with E-state index in [-0.39, 0.29) is 6.09 Å². The number of cyclic esters (lactones) is 1. The fourth-order valence-electron chi connectivity index (χ4n) is 1.83. The van der Waals surface area contributed by atoms with Crippen molar-refractivity contribution in [2.75, 3.05) is 31.6 Å². The van der Waals surface area contributed by atoms with E-state index in [1.165, 1.54) is 12.5 Å². The molecule has 0 atom stereocenters. The fourth-order valence-corrected chi connectivity index (χ4v) is 1.83. The maximum absolute atomic E-state index is 11.4. The maximum atomic E-state index is 11.4. The highest BCUT2D eigenvalue weighted by molar-refractivity contribution is 5.68. The van der Waals surface area contributed by atoms with Crippen LogP contribution in [0.4, 0.5) is 10.6 Å². The monoisotopic (exact) mass is 261 g/mol. The number of nitrogens with zero attached hydrogens (tertiary/aromatic N) is 4. The van der Waals surface area contributed by atoms with Gasteiger partial charge in [-0.15, -0.1) is 0 Å². The second-order valence-electron chi connectivity index (χ2n) is 4.13. The topological polar surface area (TPSA) is 91.1 Å². The summed E-state index contributed by atoms with van der Waals surface area (Å²) < 4.78 is 4.95. The molecule has 0 aliphatic carbocycles. The van der Waals surface area contributed by atoms with Crippen LogP contribution in [0.25, 0.3) is 0 Å². The van der Waals surface area contributed by atoms with E-state index in [1.807, 2.05) is 6.07 Å². The van der Waals surface area contributed by atoms with Crippen LogP contribution in [-0.4, -0.2) is 47.2 Å². The van der Waals surface area contributed by atoms with E-state index in [4.69, 9.17) is 10.00 Å². The minimum Gasteiger partial charge on any atom is -0.449 e. The number of hydrogen-bond acceptors (Lipinski definition) is 6. The molecule has 0 radical (unpaired) electrons. The van der Waals surface area contributed by atoms with Crippen molar-refractivity contribution in [2.24, 2.45) is 0 Å². The third kappa shape index (κ3) is 3.55. The number of carbonyl (C=O) groups is 1. The fraction of sp³-hybridized carbons (Fsp3) is 0.500. The summed E-state index contributed by atoms with van der Waals surface area (Å²) in [7, 11) is 0. The third-order valence-electron chi connectivity index (χ3n) is 2.79. The predicted octanol–water partition coefficient (Wildman–Crippen LogP) is 0.993. The highest BCUT2D eigenvalue weighted by Gasteiger charge is 2.18. The van der Waals surface area contributed by atoms with Crippen molar-refractivity contribution >= 4 is 11.9 Å². The first-order valence-corrected chi connectivity index (χ1v) is 6.17. The number of amides is 1. The molecule has 0 aromatic carbocycles. The average Bonchev–Trinajstić information content (AvgIpc) is 2.45. The van der Waals surface area contributed by atoms with Crippen molar-refractivity contribution in [1.29, 1.82) is 5.26 Å². The number of ether oxygens (including phenoxy) is 1. The normalized spacial score (nSPS) is 14.7. The molecule has 2 rings (SSSR count). The molecule has 100 valence electrons. The first-order valence-electron chi connectivity index (χ1n) is 6.17. The summed E-state index contributed by atoms with van der Waals surface area (Å²) >= 11 is 0. The van der Waals surface area contributed by atoms with Gasteiger partial charge in [-0.3, -0.25) is 0 Å². The molecule has 1 N–H and O–H groups in total. The van der Waals surface area contributed by atoms with E-state index in [1.54, 1.807) is 4.90 Å². The Labute approximate surface area is 111 Å². The Bertz CT molecular complexity index is 485. The molecule has 0 spiro atoms. The lowest BCUT2D eigenvalue weighted by atomic mass is 10.3. The van der Waals surface area contributed by atoms with Crippen LogP contribution in [0.2, 0.25) is 0 Å². The molecule has 0 unspecified atom stereocenters. The molecule has 2 heterocycles. The van der Waals surface area contributed by atoms with E-state index in [9.17, 15) is 4.79 Å². The van der Waals surface area contributed by atoms with Gasteiger partial charge in [-0.2, -0.15) is 5.26 Å². The molecule has 1 aliphatic rings. The van der Waals surface area contributed by atoms with E-state index in [2.05, 4.69) is 15.3 Å². The molecule has 1 aromatic heterocycles. The van der Waals surface area contributed by atoms with Crippen LogP contribution in [-0.2, 0) is 4.74 Å². The molecular formula is C12H15N5O2. The van der Waals surface area contributed by atoms with Gasteiger partial charge in [0.25, 0.3) is 0 Å². The summed E-state index contributed by atoms with van der Waals surface area (Å²) in [4.78, 5) is 20.9. The summed E-state index contributed by atoms with van der Waals surface area (Å²) in [6, 6.07) is 2.02. The highest BCUT2D eigenvalue weighted by Crippen LogP contribution is 2.09. The molecule has 1 fully saturated rings. The molecule has 1 aromatic rings. The Morgan fingerprint density at radius 1 is 1.58 bits per heavy atom. The number of nitriles is 1. The minimum atomic E-state index is -0.244. The predicted molar refractivity (Wildman–Crippen MR) is 67.4 cm³/mol. The first-order chi connectivity index (χ1) is 9.31. The third-order valence-corrected chi connectivity index (χ3v) is 2.79. The summed E-state index contributed by atoms with van der Waals surface area (Å²) in [5.41, 5.74) is 0.417. The molecule has 1 aliphatic heterocycles. The Morgan fingerprint density at radius 2 is 2.47 bits per heavy atom. The van der Waals surface area contributed by atoms with Gasteiger partial charge < -0.3 is 15.0 Å². The van der Waals surface area contributed by atoms with Gasteiger partial charge in [-0.25, -0.2) is 14.8 Å². The Balaban J connectivity index is 1.75. The van der Waals surface area contributed by atoms with Crippen molar-refractivity contribution in [3.8, 4) is 6.07 Å². The number of anilines is 1. The molecule has 7 heteroatoms. The largest absolute Gasteiger partial charge is 0.449 e. The van der Waals surface area contributed by atoms with Crippen molar-refractivity contribution in [2.45, 2.75) is 12.8 Å². The lowest BCUT2D eigenvalue weighted by Gasteiger charge is -2.26. The first kappa shape index (κ1) is 13.1. The number of aromatic nitrogens is 2. The van der Waals surface area contributed by atoms with Gasteiger partial charge in [0.15, 0.2) is 0 Å². The van der Waals surface area contributed by atoms with Gasteiger partial charge in [0, 0.05) is 19.6 Å². The Morgan fingerprint density at radius 3 is 3.26 bits per heavy atom. The highest BCUT2D eigenvalue weighted by atomic mass is 16.6. The summed E-state index contributed by atoms with van der Waals surface area (Å²) in [6.07, 6.45) is 4.27. The van der Waals surface area contributed by atoms with E-state index in [0.717, 1.165) is 19.4 Å². The molecule has 1 amide bonds. The lowest BCUT2D eigenvalue weighted by Crippen LogP contribution is -2.38. The van der Waals surface area contributed by atoms with Crippen molar-refractivity contribution in [3.63, 3.8) is 0 Å². The zero-order valence-electron chi connectivity index (χ0n) is 10.5. The van der Waals surface area contributed by atoms with Crippen LogP contribution < -0.4 is 5.32 Å². The second kappa shape index (κ2) is 6.54. The van der Waals surface area contributed by atoms with Gasteiger partial charge in [-0.1, -0.05) is 0 Å². The quantitative estimate of drug-likeness (QED) is 0.795. The van der Waals surface area contributed by atoms with Gasteiger partial charge >= 0.3 is 6.09 Å². The van der Waals surface area contributed by atoms with Gasteiger partial charge in [0.1, 0.15) is 23.8 Å². The smallest absolute Gasteiger partial charge is 0.409 e. The average molecular weight is 261 g/mol. The van der Waals surface area contributed by atoms with E-state index in [0.29, 0.717) is 31.1 Å². The Kier molecular flexibility index (Phi) is 4.50. The van der Waals surface area contributed by atoms with Gasteiger partial charge in [0.2, 0.25) is 0 Å². The lowest BCUT2D eigenvalue weighted by molar-refractivity contribution is 0.0729. The minimum absolute atomic E-state index is 0.244. The van der Waals surface area contributed by atoms with Gasteiger partial charge in [-0.05, 0) is 12.8 Å². The maximum Gasteiger partial charge on any atom is 0.409 e. The molecule has 0 saturated carbocycles. The molecule has 19 heavy (non-hydrogen) atoms. The summed E-state index contributed by atoms with van der Waals surface area (Å²) in [5.74, 6) is 0.527. The standard InChI is InChI=1S/C12H15N5O2/c13-7-10-8-14-9-16-11(10)15-3-1-4-17-5-2-6-19-12(17)18/h8-9H,1-6H2,(H,14,15,16). The number of carbonyl (C=O) groups excluding carboxylic acids is 1. The van der Waals surface area contributed by atoms with E-state index < -0.39 is 0 Å². The van der Waals surface area contributed by atoms with Crippen LogP contribution in [0.15, 0.2) is 12.5 Å². The summed E-state index contributed by atoms with van der Waals surface area (Å²) in [5, 5.41) is 11.9. The van der Waals surface area contributed by atoms with Crippen molar-refractivity contribution in [3.05, 3.63) is 18.1 Å². The second-order valence-corrected chi connectivity index (χ2v) is 4.13. The zero-order chi connectivity index (χ0) is 13.5. The number of nitrogens with one attached hydrogen (secondary N) is 1. The van der Waals surface area contributed by atoms with Crippen LogP contribution in [0.1, 0.15) is 18.4 Å². The molecule has 0 bridgehead atoms. The van der Waals surface area contributed by atoms with Crippen LogP contribution in [0.3, 0.4) is 0 Å². The molecule has 7 nitrogen and oxygen atoms in total. The van der Waals surface area contributed by atoms with Crippen molar-refractivity contribution in [1.82, 2.24) is 14.9 Å². The molecule has 1 saturated heterocycles. The molecular weight excluding hydrogens is 246 g/mol. The SMILES string of the molecule is N#Cc1cncnc1NCCCN1CCCOC1=O. The van der Waals surface area contributed by atoms with Crippen LogP contribution in [0.5, 0.6) is 0 Å². The van der Waals surface area contributed by atoms with E-state index >= 15 is 0 Å². The van der Waals surface area contributed by atoms with Crippen LogP contribution >= 0.6 is 0 Å². The van der Waals surface area contributed by atoms with Gasteiger partial charge in [0.05, 0.1) is 12.8 Å². The Hall–Kier alpha value is -2.36. The number of rotatable bonds is 5. The zero-order valence-corrected chi connectivity index (χ0v) is 10.5. The number of hydrogen-bond donors (Lipinski definition) is 1. The summed E-state index contributed by atoms with van der Waals surface area (Å²) in [6.45, 7) is 2.53. The van der Waals surface area contributed by atoms with Crippen LogP contribution in [0, 0.1) is 11.3 Å².